The van der Waals surface area contributed by atoms with Gasteiger partial charge in [-0.05, 0) is 19.9 Å². The van der Waals surface area contributed by atoms with Crippen molar-refractivity contribution < 1.29 is 22.7 Å². The van der Waals surface area contributed by atoms with Crippen LogP contribution in [0.25, 0.3) is 0 Å². The summed E-state index contributed by atoms with van der Waals surface area (Å²) >= 11 is 0. The van der Waals surface area contributed by atoms with Gasteiger partial charge >= 0.3 is 5.97 Å². The molecule has 1 rings (SSSR count). The second-order valence-electron chi connectivity index (χ2n) is 4.44. The molecule has 2 N–H and O–H groups in total. The molecule has 6 nitrogen and oxygen atoms in total. The third kappa shape index (κ3) is 5.73. The summed E-state index contributed by atoms with van der Waals surface area (Å²) in [5.74, 6) is -1.21. The van der Waals surface area contributed by atoms with E-state index >= 15 is 0 Å². The monoisotopic (exact) mass is 315 g/mol. The molecule has 0 saturated heterocycles. The molecule has 7 heteroatoms. The van der Waals surface area contributed by atoms with Crippen LogP contribution >= 0.6 is 0 Å². The minimum atomic E-state index is -3.64. The molecular formula is C14H21NO5S. The van der Waals surface area contributed by atoms with E-state index in [1.54, 1.807) is 31.2 Å². The highest BCUT2D eigenvalue weighted by molar-refractivity contribution is 7.92. The molecule has 21 heavy (non-hydrogen) atoms. The summed E-state index contributed by atoms with van der Waals surface area (Å²) in [7, 11) is -3.64. The van der Waals surface area contributed by atoms with Gasteiger partial charge in [-0.25, -0.2) is 8.42 Å². The van der Waals surface area contributed by atoms with Crippen LogP contribution in [-0.4, -0.2) is 39.1 Å². The Morgan fingerprint density at radius 2 is 1.90 bits per heavy atom. The summed E-state index contributed by atoms with van der Waals surface area (Å²) in [6.45, 7) is 4.06. The molecule has 0 saturated carbocycles. The van der Waals surface area contributed by atoms with Gasteiger partial charge in [0.2, 0.25) is 0 Å². The summed E-state index contributed by atoms with van der Waals surface area (Å²) < 4.78 is 34.0. The van der Waals surface area contributed by atoms with Gasteiger partial charge < -0.3 is 15.2 Å². The van der Waals surface area contributed by atoms with E-state index in [-0.39, 0.29) is 12.4 Å². The fourth-order valence-corrected chi connectivity index (χ4v) is 3.17. The van der Waals surface area contributed by atoms with Crippen molar-refractivity contribution in [1.82, 2.24) is 0 Å². The van der Waals surface area contributed by atoms with Crippen molar-refractivity contribution in [2.45, 2.75) is 19.9 Å². The van der Waals surface area contributed by atoms with E-state index in [1.165, 1.54) is 0 Å². The number of hydrogen-bond donors (Lipinski definition) is 1. The van der Waals surface area contributed by atoms with Gasteiger partial charge in [-0.15, -0.1) is 0 Å². The molecule has 1 atom stereocenters. The summed E-state index contributed by atoms with van der Waals surface area (Å²) in [6.07, 6.45) is 0. The molecule has 0 fully saturated rings. The van der Waals surface area contributed by atoms with Crippen molar-refractivity contribution in [1.29, 1.82) is 0 Å². The van der Waals surface area contributed by atoms with Crippen LogP contribution in [0.15, 0.2) is 24.3 Å². The summed E-state index contributed by atoms with van der Waals surface area (Å²) in [5, 5.41) is 0. The number of sulfone groups is 1. The van der Waals surface area contributed by atoms with Gasteiger partial charge in [-0.2, -0.15) is 0 Å². The number of hydrogen-bond acceptors (Lipinski definition) is 6. The largest absolute Gasteiger partial charge is 0.494 e. The van der Waals surface area contributed by atoms with Crippen LogP contribution in [0.1, 0.15) is 25.5 Å². The van der Waals surface area contributed by atoms with Gasteiger partial charge in [0.05, 0.1) is 19.0 Å². The van der Waals surface area contributed by atoms with Crippen molar-refractivity contribution in [3.8, 4) is 5.75 Å². The Morgan fingerprint density at radius 1 is 1.24 bits per heavy atom. The highest BCUT2D eigenvalue weighted by atomic mass is 32.2. The predicted octanol–water partition coefficient (Wildman–Crippen LogP) is 1.06. The van der Waals surface area contributed by atoms with Crippen molar-refractivity contribution >= 4 is 15.8 Å². The lowest BCUT2D eigenvalue weighted by Gasteiger charge is -2.16. The number of benzene rings is 1. The number of nitrogens with two attached hydrogens (primary N) is 1. The van der Waals surface area contributed by atoms with Crippen LogP contribution in [0.2, 0.25) is 0 Å². The Labute approximate surface area is 125 Å². The first kappa shape index (κ1) is 17.5. The molecule has 1 aromatic carbocycles. The molecule has 1 aromatic rings. The van der Waals surface area contributed by atoms with E-state index < -0.39 is 27.6 Å². The van der Waals surface area contributed by atoms with Crippen LogP contribution in [0, 0.1) is 0 Å². The molecule has 0 spiro atoms. The van der Waals surface area contributed by atoms with Crippen LogP contribution in [0.4, 0.5) is 0 Å². The average Bonchev–Trinajstić information content (AvgIpc) is 2.38. The van der Waals surface area contributed by atoms with Crippen molar-refractivity contribution in [3.63, 3.8) is 0 Å². The molecule has 0 radical (unpaired) electrons. The number of para-hydroxylation sites is 1. The van der Waals surface area contributed by atoms with E-state index in [1.807, 2.05) is 6.92 Å². The van der Waals surface area contributed by atoms with Crippen LogP contribution < -0.4 is 10.5 Å². The Morgan fingerprint density at radius 3 is 2.52 bits per heavy atom. The Balaban J connectivity index is 2.80. The Kier molecular flexibility index (Phi) is 6.64. The third-order valence-electron chi connectivity index (χ3n) is 2.69. The zero-order valence-electron chi connectivity index (χ0n) is 12.2. The van der Waals surface area contributed by atoms with E-state index in [2.05, 4.69) is 4.74 Å². The first-order chi connectivity index (χ1) is 9.89. The molecular weight excluding hydrogens is 294 g/mol. The van der Waals surface area contributed by atoms with Gasteiger partial charge in [0.25, 0.3) is 0 Å². The lowest BCUT2D eigenvalue weighted by atomic mass is 10.1. The first-order valence-corrected chi connectivity index (χ1v) is 8.55. The number of carbonyl (C=O) groups is 1. The minimum Gasteiger partial charge on any atom is -0.494 e. The summed E-state index contributed by atoms with van der Waals surface area (Å²) in [6, 6.07) is 6.24. The zero-order valence-corrected chi connectivity index (χ0v) is 13.1. The maximum Gasteiger partial charge on any atom is 0.321 e. The Bertz CT molecular complexity index is 570. The highest BCUT2D eigenvalue weighted by Gasteiger charge is 2.23. The molecule has 0 aliphatic heterocycles. The van der Waals surface area contributed by atoms with E-state index in [0.29, 0.717) is 17.9 Å². The third-order valence-corrected chi connectivity index (χ3v) is 4.24. The molecule has 0 heterocycles. The molecule has 1 unspecified atom stereocenters. The zero-order chi connectivity index (χ0) is 15.9. The maximum atomic E-state index is 11.9. The number of ether oxygens (including phenoxy) is 2. The predicted molar refractivity (Wildman–Crippen MR) is 79.8 cm³/mol. The summed E-state index contributed by atoms with van der Waals surface area (Å²) in [4.78, 5) is 11.3. The number of carbonyl (C=O) groups excluding carboxylic acids is 1. The van der Waals surface area contributed by atoms with Gasteiger partial charge in [0.1, 0.15) is 11.5 Å². The number of esters is 1. The Hall–Kier alpha value is -1.60. The standard InChI is InChI=1S/C14H21NO5S/c1-3-19-13-8-6-5-7-11(13)12(15)9-21(17,18)10-14(16)20-4-2/h5-8,12H,3-4,9-10,15H2,1-2H3. The van der Waals surface area contributed by atoms with Crippen molar-refractivity contribution in [2.75, 3.05) is 24.7 Å². The fraction of sp³-hybridized carbons (Fsp3) is 0.500. The quantitative estimate of drug-likeness (QED) is 0.721. The second kappa shape index (κ2) is 7.99. The lowest BCUT2D eigenvalue weighted by Crippen LogP contribution is -2.27. The summed E-state index contributed by atoms with van der Waals surface area (Å²) in [5.41, 5.74) is 6.55. The lowest BCUT2D eigenvalue weighted by molar-refractivity contribution is -0.139. The van der Waals surface area contributed by atoms with E-state index in [4.69, 9.17) is 10.5 Å². The van der Waals surface area contributed by atoms with Crippen LogP contribution in [0.5, 0.6) is 5.75 Å². The molecule has 0 amide bonds. The normalized spacial score (nSPS) is 12.7. The topological polar surface area (TPSA) is 95.7 Å². The second-order valence-corrected chi connectivity index (χ2v) is 6.55. The molecule has 0 aromatic heterocycles. The average molecular weight is 315 g/mol. The van der Waals surface area contributed by atoms with Crippen LogP contribution in [0.3, 0.4) is 0 Å². The molecule has 0 aliphatic rings. The maximum absolute atomic E-state index is 11.9. The minimum absolute atomic E-state index is 0.146. The fourth-order valence-electron chi connectivity index (χ4n) is 1.88. The van der Waals surface area contributed by atoms with Gasteiger partial charge in [0.15, 0.2) is 9.84 Å². The van der Waals surface area contributed by atoms with Gasteiger partial charge in [0, 0.05) is 11.6 Å². The smallest absolute Gasteiger partial charge is 0.321 e. The van der Waals surface area contributed by atoms with Crippen molar-refractivity contribution in [3.05, 3.63) is 29.8 Å². The van der Waals surface area contributed by atoms with E-state index in [0.717, 1.165) is 0 Å². The molecule has 0 aliphatic carbocycles. The first-order valence-electron chi connectivity index (χ1n) is 6.73. The van der Waals surface area contributed by atoms with Gasteiger partial charge in [-0.1, -0.05) is 18.2 Å². The molecule has 118 valence electrons. The van der Waals surface area contributed by atoms with Crippen molar-refractivity contribution in [2.24, 2.45) is 5.73 Å². The van der Waals surface area contributed by atoms with E-state index in [9.17, 15) is 13.2 Å². The van der Waals surface area contributed by atoms with Crippen LogP contribution in [-0.2, 0) is 19.4 Å². The SMILES string of the molecule is CCOC(=O)CS(=O)(=O)CC(N)c1ccccc1OCC. The van der Waals surface area contributed by atoms with Gasteiger partial charge in [-0.3, -0.25) is 4.79 Å². The number of rotatable bonds is 8. The molecule has 0 bridgehead atoms. The highest BCUT2D eigenvalue weighted by Crippen LogP contribution is 2.24.